The molecule has 270 valence electrons. The molecule has 10 rings (SSSR count). The number of rotatable bonds is 9. The van der Waals surface area contributed by atoms with E-state index in [2.05, 4.69) is 219 Å². The molecule has 2 aliphatic rings. The molecule has 1 nitrogen and oxygen atoms in total. The third-order valence-corrected chi connectivity index (χ3v) is 12.6. The highest BCUT2D eigenvalue weighted by atomic mass is 15.1. The molecule has 56 heavy (non-hydrogen) atoms. The number of anilines is 3. The van der Waals surface area contributed by atoms with Crippen LogP contribution in [-0.2, 0) is 10.8 Å². The smallest absolute Gasteiger partial charge is 0.0714 e. The lowest BCUT2D eigenvalue weighted by molar-refractivity contribution is 0.505. The van der Waals surface area contributed by atoms with Crippen molar-refractivity contribution < 1.29 is 0 Å². The van der Waals surface area contributed by atoms with Crippen LogP contribution < -0.4 is 4.90 Å². The maximum Gasteiger partial charge on any atom is 0.0714 e. The van der Waals surface area contributed by atoms with Crippen molar-refractivity contribution in [2.75, 3.05) is 4.90 Å². The number of hydrogen-bond acceptors (Lipinski definition) is 1. The lowest BCUT2D eigenvalue weighted by Gasteiger charge is -2.36. The number of unbranched alkanes of at least 4 members (excludes halogenated alkanes) is 1. The molecule has 0 saturated carbocycles. The van der Waals surface area contributed by atoms with Crippen molar-refractivity contribution in [3.8, 4) is 33.4 Å². The van der Waals surface area contributed by atoms with Gasteiger partial charge in [0.05, 0.1) is 11.1 Å². The van der Waals surface area contributed by atoms with Crippen LogP contribution in [0.3, 0.4) is 0 Å². The molecule has 2 aliphatic carbocycles. The summed E-state index contributed by atoms with van der Waals surface area (Å²) in [6.07, 6.45) is 3.41. The Labute approximate surface area is 331 Å². The monoisotopic (exact) mass is 719 g/mol. The van der Waals surface area contributed by atoms with Gasteiger partial charge in [0, 0.05) is 16.8 Å². The van der Waals surface area contributed by atoms with Crippen LogP contribution in [0.5, 0.6) is 0 Å². The van der Waals surface area contributed by atoms with Crippen LogP contribution >= 0.6 is 0 Å². The molecule has 0 N–H and O–H groups in total. The van der Waals surface area contributed by atoms with Gasteiger partial charge in [-0.3, -0.25) is 0 Å². The van der Waals surface area contributed by atoms with Crippen molar-refractivity contribution >= 4 is 17.1 Å². The minimum Gasteiger partial charge on any atom is -0.310 e. The summed E-state index contributed by atoms with van der Waals surface area (Å²) in [5, 5.41) is 0. The standard InChI is InChI=1S/C55H45N/c1-3-4-36-54(2)49-31-16-14-29-46(49)48-30-19-33-52(53(48)54)56(43-27-18-22-40(37-43)39-20-8-5-9-21-39)44-34-35-47-45-28-15-17-32-50(45)55(51(47)38-44,41-23-10-6-11-24-41)42-25-12-7-13-26-42/h5-35,37-38H,3-4,36H2,1-2H3. The number of benzene rings is 8. The van der Waals surface area contributed by atoms with E-state index >= 15 is 0 Å². The van der Waals surface area contributed by atoms with Crippen molar-refractivity contribution in [2.45, 2.75) is 43.9 Å². The summed E-state index contributed by atoms with van der Waals surface area (Å²) in [4.78, 5) is 2.56. The second-order valence-electron chi connectivity index (χ2n) is 15.7. The molecule has 1 heteroatoms. The molecule has 0 radical (unpaired) electrons. The predicted molar refractivity (Wildman–Crippen MR) is 235 cm³/mol. The van der Waals surface area contributed by atoms with E-state index in [0.717, 1.165) is 30.6 Å². The van der Waals surface area contributed by atoms with Crippen LogP contribution in [0, 0.1) is 0 Å². The average Bonchev–Trinajstić information content (AvgIpc) is 3.71. The van der Waals surface area contributed by atoms with Gasteiger partial charge in [-0.1, -0.05) is 197 Å². The average molecular weight is 720 g/mol. The van der Waals surface area contributed by atoms with Gasteiger partial charge in [-0.05, 0) is 104 Å². The van der Waals surface area contributed by atoms with E-state index in [4.69, 9.17) is 0 Å². The van der Waals surface area contributed by atoms with Crippen molar-refractivity contribution in [1.29, 1.82) is 0 Å². The minimum atomic E-state index is -0.494. The molecular weight excluding hydrogens is 675 g/mol. The fourth-order valence-corrected chi connectivity index (χ4v) is 10.1. The maximum absolute atomic E-state index is 2.56. The molecule has 0 saturated heterocycles. The molecule has 0 aromatic heterocycles. The van der Waals surface area contributed by atoms with E-state index in [1.807, 2.05) is 0 Å². The lowest BCUT2D eigenvalue weighted by atomic mass is 9.67. The third-order valence-electron chi connectivity index (χ3n) is 12.6. The van der Waals surface area contributed by atoms with E-state index in [1.165, 1.54) is 72.4 Å². The Kier molecular flexibility index (Phi) is 8.33. The first-order valence-corrected chi connectivity index (χ1v) is 20.2. The zero-order chi connectivity index (χ0) is 37.7. The molecule has 1 unspecified atom stereocenters. The molecule has 1 atom stereocenters. The van der Waals surface area contributed by atoms with Crippen LogP contribution in [0.25, 0.3) is 33.4 Å². The van der Waals surface area contributed by atoms with E-state index in [1.54, 1.807) is 0 Å². The largest absolute Gasteiger partial charge is 0.310 e. The maximum atomic E-state index is 2.56. The van der Waals surface area contributed by atoms with Gasteiger partial charge >= 0.3 is 0 Å². The zero-order valence-corrected chi connectivity index (χ0v) is 32.1. The quantitative estimate of drug-likeness (QED) is 0.144. The highest BCUT2D eigenvalue weighted by Crippen LogP contribution is 2.59. The Morgan fingerprint density at radius 2 is 0.964 bits per heavy atom. The second kappa shape index (κ2) is 13.7. The van der Waals surface area contributed by atoms with Crippen LogP contribution in [0.1, 0.15) is 66.5 Å². The van der Waals surface area contributed by atoms with Crippen molar-refractivity contribution in [2.24, 2.45) is 0 Å². The first kappa shape index (κ1) is 34.1. The van der Waals surface area contributed by atoms with Crippen LogP contribution in [0.15, 0.2) is 200 Å². The summed E-state index contributed by atoms with van der Waals surface area (Å²) in [6.45, 7) is 4.80. The van der Waals surface area contributed by atoms with Gasteiger partial charge in [0.25, 0.3) is 0 Å². The fourth-order valence-electron chi connectivity index (χ4n) is 10.1. The normalized spacial score (nSPS) is 15.8. The van der Waals surface area contributed by atoms with Gasteiger partial charge in [-0.15, -0.1) is 0 Å². The lowest BCUT2D eigenvalue weighted by Crippen LogP contribution is -2.29. The predicted octanol–water partition coefficient (Wildman–Crippen LogP) is 14.7. The Morgan fingerprint density at radius 3 is 1.66 bits per heavy atom. The Balaban J connectivity index is 1.27. The van der Waals surface area contributed by atoms with Crippen LogP contribution in [0.2, 0.25) is 0 Å². The van der Waals surface area contributed by atoms with Crippen LogP contribution in [0.4, 0.5) is 17.1 Å². The molecule has 0 heterocycles. The topological polar surface area (TPSA) is 3.24 Å². The van der Waals surface area contributed by atoms with Gasteiger partial charge in [0.15, 0.2) is 0 Å². The molecule has 8 aromatic rings. The second-order valence-corrected chi connectivity index (χ2v) is 15.7. The summed E-state index contributed by atoms with van der Waals surface area (Å²) in [6, 6.07) is 74.6. The van der Waals surface area contributed by atoms with E-state index in [0.29, 0.717) is 0 Å². The summed E-state index contributed by atoms with van der Waals surface area (Å²) >= 11 is 0. The number of fused-ring (bicyclic) bond motifs is 6. The Hall–Kier alpha value is -6.44. The summed E-state index contributed by atoms with van der Waals surface area (Å²) in [5.41, 5.74) is 18.6. The Bertz CT molecular complexity index is 2650. The van der Waals surface area contributed by atoms with E-state index in [-0.39, 0.29) is 5.41 Å². The number of nitrogens with zero attached hydrogens (tertiary/aromatic N) is 1. The van der Waals surface area contributed by atoms with Crippen molar-refractivity contribution in [3.63, 3.8) is 0 Å². The van der Waals surface area contributed by atoms with Crippen molar-refractivity contribution in [3.05, 3.63) is 234 Å². The minimum absolute atomic E-state index is 0.140. The summed E-state index contributed by atoms with van der Waals surface area (Å²) in [5.74, 6) is 0. The first-order chi connectivity index (χ1) is 27.6. The highest BCUT2D eigenvalue weighted by Gasteiger charge is 2.47. The summed E-state index contributed by atoms with van der Waals surface area (Å²) < 4.78 is 0. The molecule has 0 aliphatic heterocycles. The van der Waals surface area contributed by atoms with Gasteiger partial charge in [-0.2, -0.15) is 0 Å². The highest BCUT2D eigenvalue weighted by molar-refractivity contribution is 5.94. The molecule has 0 amide bonds. The molecular formula is C55H45N. The molecule has 0 spiro atoms. The van der Waals surface area contributed by atoms with E-state index in [9.17, 15) is 0 Å². The Morgan fingerprint density at radius 1 is 0.429 bits per heavy atom. The van der Waals surface area contributed by atoms with Gasteiger partial charge in [0.1, 0.15) is 0 Å². The van der Waals surface area contributed by atoms with Gasteiger partial charge < -0.3 is 4.90 Å². The fraction of sp³-hybridized carbons (Fsp3) is 0.127. The summed E-state index contributed by atoms with van der Waals surface area (Å²) in [7, 11) is 0. The molecule has 8 aromatic carbocycles. The third kappa shape index (κ3) is 5.15. The van der Waals surface area contributed by atoms with Crippen molar-refractivity contribution in [1.82, 2.24) is 0 Å². The van der Waals surface area contributed by atoms with Crippen LogP contribution in [-0.4, -0.2) is 0 Å². The number of hydrogen-bond donors (Lipinski definition) is 0. The zero-order valence-electron chi connectivity index (χ0n) is 32.1. The van der Waals surface area contributed by atoms with Gasteiger partial charge in [0.2, 0.25) is 0 Å². The molecule has 0 fully saturated rings. The first-order valence-electron chi connectivity index (χ1n) is 20.2. The van der Waals surface area contributed by atoms with Gasteiger partial charge in [-0.25, -0.2) is 0 Å². The van der Waals surface area contributed by atoms with E-state index < -0.39 is 5.41 Å². The SMILES string of the molecule is CCCCC1(C)c2ccccc2-c2cccc(N(c3cccc(-c4ccccc4)c3)c3ccc4c(c3)C(c3ccccc3)(c3ccccc3)c3ccccc3-4)c21. The molecule has 0 bridgehead atoms.